The highest BCUT2D eigenvalue weighted by molar-refractivity contribution is 5.98. The fourth-order valence-electron chi connectivity index (χ4n) is 6.09. The van der Waals surface area contributed by atoms with Crippen LogP contribution in [0, 0.1) is 5.82 Å². The minimum atomic E-state index is -1.08. The molecule has 1 amide bonds. The van der Waals surface area contributed by atoms with Crippen LogP contribution in [0.5, 0.6) is 0 Å². The van der Waals surface area contributed by atoms with Crippen molar-refractivity contribution < 1.29 is 19.1 Å². The van der Waals surface area contributed by atoms with Gasteiger partial charge in [0.2, 0.25) is 5.91 Å². The van der Waals surface area contributed by atoms with Gasteiger partial charge in [-0.3, -0.25) is 9.69 Å². The Bertz CT molecular complexity index is 1350. The van der Waals surface area contributed by atoms with E-state index in [9.17, 15) is 19.1 Å². The van der Waals surface area contributed by atoms with Crippen LogP contribution in [0.25, 0.3) is 16.7 Å². The van der Waals surface area contributed by atoms with Gasteiger partial charge < -0.3 is 14.9 Å². The fraction of sp³-hybridized carbons (Fsp3) is 0.500. The number of rotatable bonds is 5. The van der Waals surface area contributed by atoms with Crippen molar-refractivity contribution in [1.29, 1.82) is 0 Å². The van der Waals surface area contributed by atoms with E-state index in [4.69, 9.17) is 5.10 Å². The molecule has 3 fully saturated rings. The number of piperidine rings is 1. The number of pyridine rings is 1. The van der Waals surface area contributed by atoms with Crippen molar-refractivity contribution in [1.82, 2.24) is 24.6 Å². The van der Waals surface area contributed by atoms with Crippen LogP contribution in [0.15, 0.2) is 30.3 Å². The van der Waals surface area contributed by atoms with E-state index in [1.807, 2.05) is 4.90 Å². The van der Waals surface area contributed by atoms with E-state index < -0.39 is 5.97 Å². The highest BCUT2D eigenvalue weighted by atomic mass is 19.1. The van der Waals surface area contributed by atoms with Gasteiger partial charge in [-0.15, -0.1) is 0 Å². The number of aromatic nitrogens is 3. The van der Waals surface area contributed by atoms with Crippen LogP contribution in [0.3, 0.4) is 0 Å². The van der Waals surface area contributed by atoms with E-state index in [2.05, 4.69) is 14.8 Å². The highest BCUT2D eigenvalue weighted by Gasteiger charge is 2.33. The number of carboxylic acid groups (broad SMARTS) is 1. The van der Waals surface area contributed by atoms with E-state index in [1.54, 1.807) is 29.8 Å². The molecule has 2 aromatic heterocycles. The Labute approximate surface area is 220 Å². The number of halogens is 1. The molecule has 1 saturated carbocycles. The standard InChI is InChI=1S/C28H33FN6O3/c1-18(36)32-13-15-33(16-14-32)21-9-11-34(12-10-21)24-17-23(28(37)38)30-27-25(24)26(19-3-2-4-19)31-35(27)22-7-5-20(29)6-8-22/h5-8,17,19,21H,2-4,9-16H2,1H3,(H,37,38). The smallest absolute Gasteiger partial charge is 0.354 e. The molecule has 3 aliphatic rings. The summed E-state index contributed by atoms with van der Waals surface area (Å²) in [6.07, 6.45) is 5.18. The topological polar surface area (TPSA) is 94.8 Å². The fourth-order valence-corrected chi connectivity index (χ4v) is 6.09. The zero-order chi connectivity index (χ0) is 26.4. The summed E-state index contributed by atoms with van der Waals surface area (Å²) in [7, 11) is 0. The second-order valence-corrected chi connectivity index (χ2v) is 10.7. The van der Waals surface area contributed by atoms with Gasteiger partial charge in [-0.2, -0.15) is 5.10 Å². The summed E-state index contributed by atoms with van der Waals surface area (Å²) in [5.41, 5.74) is 2.99. The molecule has 0 bridgehead atoms. The molecule has 0 atom stereocenters. The summed E-state index contributed by atoms with van der Waals surface area (Å²) in [4.78, 5) is 35.1. The van der Waals surface area contributed by atoms with Crippen molar-refractivity contribution in [3.63, 3.8) is 0 Å². The number of anilines is 1. The van der Waals surface area contributed by atoms with Crippen molar-refractivity contribution in [2.45, 2.75) is 51.0 Å². The molecule has 200 valence electrons. The number of carbonyl (C=O) groups excluding carboxylic acids is 1. The lowest BCUT2D eigenvalue weighted by atomic mass is 9.82. The zero-order valence-corrected chi connectivity index (χ0v) is 21.6. The first kappa shape index (κ1) is 24.8. The van der Waals surface area contributed by atoms with Crippen LogP contribution in [0.2, 0.25) is 0 Å². The number of hydrogen-bond donors (Lipinski definition) is 1. The average molecular weight is 521 g/mol. The van der Waals surface area contributed by atoms with Gasteiger partial charge in [0.15, 0.2) is 11.3 Å². The van der Waals surface area contributed by atoms with Crippen LogP contribution in [0.4, 0.5) is 10.1 Å². The molecule has 0 unspecified atom stereocenters. The number of amides is 1. The van der Waals surface area contributed by atoms with Crippen molar-refractivity contribution in [3.8, 4) is 5.69 Å². The molecule has 1 N–H and O–H groups in total. The van der Waals surface area contributed by atoms with Gasteiger partial charge in [-0.1, -0.05) is 6.42 Å². The number of hydrogen-bond acceptors (Lipinski definition) is 6. The molecular formula is C28H33FN6O3. The van der Waals surface area contributed by atoms with Gasteiger partial charge in [0, 0.05) is 58.2 Å². The highest BCUT2D eigenvalue weighted by Crippen LogP contribution is 2.43. The lowest BCUT2D eigenvalue weighted by Crippen LogP contribution is -2.54. The first-order valence-corrected chi connectivity index (χ1v) is 13.6. The van der Waals surface area contributed by atoms with Gasteiger partial charge in [-0.25, -0.2) is 18.9 Å². The number of carboxylic acids is 1. The molecule has 1 aliphatic carbocycles. The third-order valence-corrected chi connectivity index (χ3v) is 8.51. The van der Waals surface area contributed by atoms with Gasteiger partial charge in [0.1, 0.15) is 5.82 Å². The summed E-state index contributed by atoms with van der Waals surface area (Å²) in [5.74, 6) is -0.970. The molecule has 0 spiro atoms. The number of benzene rings is 1. The van der Waals surface area contributed by atoms with E-state index in [0.29, 0.717) is 23.3 Å². The molecule has 10 heteroatoms. The summed E-state index contributed by atoms with van der Waals surface area (Å²) in [6.45, 7) is 6.58. The molecule has 38 heavy (non-hydrogen) atoms. The maximum absolute atomic E-state index is 13.7. The van der Waals surface area contributed by atoms with Crippen molar-refractivity contribution in [3.05, 3.63) is 47.5 Å². The third kappa shape index (κ3) is 4.51. The molecule has 2 aliphatic heterocycles. The van der Waals surface area contributed by atoms with Gasteiger partial charge in [0.25, 0.3) is 0 Å². The minimum absolute atomic E-state index is 0.0154. The first-order valence-electron chi connectivity index (χ1n) is 13.6. The van der Waals surface area contributed by atoms with Crippen LogP contribution in [0.1, 0.15) is 61.1 Å². The molecular weight excluding hydrogens is 487 g/mol. The predicted molar refractivity (Wildman–Crippen MR) is 141 cm³/mol. The molecule has 9 nitrogen and oxygen atoms in total. The monoisotopic (exact) mass is 520 g/mol. The van der Waals surface area contributed by atoms with Gasteiger partial charge in [0.05, 0.1) is 22.5 Å². The average Bonchev–Trinajstić information content (AvgIpc) is 3.26. The Morgan fingerprint density at radius 1 is 0.974 bits per heavy atom. The van der Waals surface area contributed by atoms with Crippen molar-refractivity contribution >= 4 is 28.6 Å². The summed E-state index contributed by atoms with van der Waals surface area (Å²) in [6, 6.07) is 8.22. The second-order valence-electron chi connectivity index (χ2n) is 10.7. The largest absolute Gasteiger partial charge is 0.477 e. The van der Waals surface area contributed by atoms with Crippen LogP contribution >= 0.6 is 0 Å². The Morgan fingerprint density at radius 2 is 1.66 bits per heavy atom. The maximum Gasteiger partial charge on any atom is 0.354 e. The lowest BCUT2D eigenvalue weighted by molar-refractivity contribution is -0.130. The van der Waals surface area contributed by atoms with Gasteiger partial charge in [-0.05, 0) is 56.0 Å². The normalized spacial score (nSPS) is 19.6. The minimum Gasteiger partial charge on any atom is -0.477 e. The quantitative estimate of drug-likeness (QED) is 0.549. The van der Waals surface area contributed by atoms with E-state index in [0.717, 1.165) is 88.1 Å². The molecule has 4 heterocycles. The second kappa shape index (κ2) is 9.98. The number of carbonyl (C=O) groups is 2. The summed E-state index contributed by atoms with van der Waals surface area (Å²) in [5, 5.41) is 15.8. The van der Waals surface area contributed by atoms with Crippen LogP contribution in [-0.2, 0) is 4.79 Å². The lowest BCUT2D eigenvalue weighted by Gasteiger charge is -2.43. The molecule has 2 saturated heterocycles. The molecule has 6 rings (SSSR count). The van der Waals surface area contributed by atoms with E-state index >= 15 is 0 Å². The molecule has 1 aromatic carbocycles. The van der Waals surface area contributed by atoms with E-state index in [-0.39, 0.29) is 17.4 Å². The van der Waals surface area contributed by atoms with E-state index in [1.165, 1.54) is 12.1 Å². The Kier molecular flexibility index (Phi) is 6.51. The maximum atomic E-state index is 13.7. The molecule has 3 aromatic rings. The summed E-state index contributed by atoms with van der Waals surface area (Å²) < 4.78 is 15.3. The zero-order valence-electron chi connectivity index (χ0n) is 21.6. The van der Waals surface area contributed by atoms with Crippen LogP contribution < -0.4 is 4.90 Å². The SMILES string of the molecule is CC(=O)N1CCN(C2CCN(c3cc(C(=O)O)nc4c3c(C3CCC3)nn4-c3ccc(F)cc3)CC2)CC1. The summed E-state index contributed by atoms with van der Waals surface area (Å²) >= 11 is 0. The number of fused-ring (bicyclic) bond motifs is 1. The van der Waals surface area contributed by atoms with Crippen molar-refractivity contribution in [2.75, 3.05) is 44.2 Å². The van der Waals surface area contributed by atoms with Crippen molar-refractivity contribution in [2.24, 2.45) is 0 Å². The number of aromatic carboxylic acids is 1. The number of nitrogens with zero attached hydrogens (tertiary/aromatic N) is 6. The third-order valence-electron chi connectivity index (χ3n) is 8.51. The Balaban J connectivity index is 1.34. The first-order chi connectivity index (χ1) is 18.4. The predicted octanol–water partition coefficient (Wildman–Crippen LogP) is 3.66. The van der Waals surface area contributed by atoms with Gasteiger partial charge >= 0.3 is 5.97 Å². The Hall–Kier alpha value is -3.53. The van der Waals surface area contributed by atoms with Crippen LogP contribution in [-0.4, -0.2) is 86.9 Å². The molecule has 0 radical (unpaired) electrons. The number of piperazine rings is 1. The Morgan fingerprint density at radius 3 is 2.24 bits per heavy atom.